The first kappa shape index (κ1) is 25.5. The van der Waals surface area contributed by atoms with Crippen molar-refractivity contribution in [3.63, 3.8) is 0 Å². The number of carbonyl (C=O) groups excluding carboxylic acids is 1. The molecular weight excluding hydrogens is 477 g/mol. The van der Waals surface area contributed by atoms with Crippen LogP contribution in [0.15, 0.2) is 42.6 Å². The highest BCUT2D eigenvalue weighted by Crippen LogP contribution is 2.37. The van der Waals surface area contributed by atoms with E-state index in [1.807, 2.05) is 13.8 Å². The number of benzene rings is 2. The first-order valence-corrected chi connectivity index (χ1v) is 11.6. The number of nitrogens with zero attached hydrogens (tertiary/aromatic N) is 3. The van der Waals surface area contributed by atoms with Crippen LogP contribution in [-0.4, -0.2) is 55.6 Å². The molecule has 0 radical (unpaired) electrons. The first-order chi connectivity index (χ1) is 16.8. The van der Waals surface area contributed by atoms with Crippen LogP contribution in [0.1, 0.15) is 49.0 Å². The van der Waals surface area contributed by atoms with E-state index in [4.69, 9.17) is 0 Å². The van der Waals surface area contributed by atoms with E-state index in [0.717, 1.165) is 6.07 Å². The van der Waals surface area contributed by atoms with Gasteiger partial charge in [0, 0.05) is 30.4 Å². The molecule has 2 amide bonds. The molecule has 8 nitrogen and oxygen atoms in total. The maximum absolute atomic E-state index is 13.9. The molecule has 2 heterocycles. The molecule has 1 aliphatic rings. The second kappa shape index (κ2) is 9.45. The number of hydrogen-bond donors (Lipinski definition) is 3. The zero-order valence-electron chi connectivity index (χ0n) is 19.8. The van der Waals surface area contributed by atoms with Crippen molar-refractivity contribution in [2.75, 3.05) is 18.4 Å². The number of hydrogen-bond acceptors (Lipinski definition) is 4. The van der Waals surface area contributed by atoms with Gasteiger partial charge in [-0.2, -0.15) is 18.3 Å². The maximum atomic E-state index is 13.9. The van der Waals surface area contributed by atoms with Crippen molar-refractivity contribution in [1.29, 1.82) is 0 Å². The number of likely N-dealkylation sites (tertiary alicyclic amines) is 1. The van der Waals surface area contributed by atoms with Crippen molar-refractivity contribution in [3.8, 4) is 5.69 Å². The fourth-order valence-corrected chi connectivity index (χ4v) is 4.64. The molecule has 0 aliphatic carbocycles. The summed E-state index contributed by atoms with van der Waals surface area (Å²) in [5, 5.41) is 26.5. The van der Waals surface area contributed by atoms with E-state index in [1.54, 1.807) is 0 Å². The molecule has 3 N–H and O–H groups in total. The SMILES string of the molecule is CC(C)CC1(O)CCN(C(=O)Nc2cc(C(F)(F)F)c3cn(-c4cccc(C(=O)O)c4)nc3c2)CC1. The number of nitrogens with one attached hydrogen (secondary N) is 1. The van der Waals surface area contributed by atoms with Gasteiger partial charge < -0.3 is 20.4 Å². The average Bonchev–Trinajstić information content (AvgIpc) is 3.21. The number of carboxylic acids is 1. The van der Waals surface area contributed by atoms with Crippen molar-refractivity contribution in [3.05, 3.63) is 53.7 Å². The fourth-order valence-electron chi connectivity index (χ4n) is 4.64. The van der Waals surface area contributed by atoms with Crippen LogP contribution in [0.5, 0.6) is 0 Å². The van der Waals surface area contributed by atoms with Gasteiger partial charge in [0.15, 0.2) is 0 Å². The number of fused-ring (bicyclic) bond motifs is 1. The van der Waals surface area contributed by atoms with Crippen LogP contribution in [0.3, 0.4) is 0 Å². The summed E-state index contributed by atoms with van der Waals surface area (Å²) in [6.45, 7) is 4.60. The molecule has 1 fully saturated rings. The van der Waals surface area contributed by atoms with E-state index < -0.39 is 29.3 Å². The predicted octanol–water partition coefficient (Wildman–Crippen LogP) is 5.15. The second-order valence-corrected chi connectivity index (χ2v) is 9.62. The number of rotatable bonds is 5. The van der Waals surface area contributed by atoms with Gasteiger partial charge in [-0.1, -0.05) is 19.9 Å². The largest absolute Gasteiger partial charge is 0.478 e. The standard InChI is InChI=1S/C25H27F3N4O4/c1-15(2)13-24(36)6-8-31(9-7-24)23(35)29-17-11-20(25(26,27)28)19-14-32(30-21(19)12-17)18-5-3-4-16(10-18)22(33)34/h3-5,10-12,14-15,36H,6-9,13H2,1-2H3,(H,29,35)(H,33,34). The number of aromatic nitrogens is 2. The Morgan fingerprint density at radius 2 is 1.86 bits per heavy atom. The first-order valence-electron chi connectivity index (χ1n) is 11.6. The van der Waals surface area contributed by atoms with Crippen molar-refractivity contribution in [2.24, 2.45) is 5.92 Å². The summed E-state index contributed by atoms with van der Waals surface area (Å²) in [7, 11) is 0. The van der Waals surface area contributed by atoms with Crippen LogP contribution >= 0.6 is 0 Å². The van der Waals surface area contributed by atoms with Crippen LogP contribution in [0, 0.1) is 5.92 Å². The Hall–Kier alpha value is -3.60. The Balaban J connectivity index is 1.61. The summed E-state index contributed by atoms with van der Waals surface area (Å²) in [6.07, 6.45) is -2.12. The number of carbonyl (C=O) groups is 2. The molecule has 1 aliphatic heterocycles. The number of piperidine rings is 1. The third-order valence-corrected chi connectivity index (χ3v) is 6.31. The Bertz CT molecular complexity index is 1290. The van der Waals surface area contributed by atoms with Gasteiger partial charge in [-0.3, -0.25) is 0 Å². The van der Waals surface area contributed by atoms with Crippen molar-refractivity contribution >= 4 is 28.6 Å². The highest BCUT2D eigenvalue weighted by molar-refractivity contribution is 5.94. The molecule has 0 bridgehead atoms. The number of urea groups is 1. The maximum Gasteiger partial charge on any atom is 0.417 e. The highest BCUT2D eigenvalue weighted by Gasteiger charge is 2.36. The molecule has 0 spiro atoms. The number of aliphatic hydroxyl groups is 1. The van der Waals surface area contributed by atoms with Gasteiger partial charge in [0.1, 0.15) is 0 Å². The third-order valence-electron chi connectivity index (χ3n) is 6.31. The fraction of sp³-hybridized carbons (Fsp3) is 0.400. The lowest BCUT2D eigenvalue weighted by molar-refractivity contribution is -0.136. The number of halogens is 3. The molecule has 0 unspecified atom stereocenters. The van der Waals surface area contributed by atoms with Crippen molar-refractivity contribution < 1.29 is 33.0 Å². The summed E-state index contributed by atoms with van der Waals surface area (Å²) >= 11 is 0. The Kier molecular flexibility index (Phi) is 6.70. The number of carboxylic acid groups (broad SMARTS) is 1. The molecule has 1 aromatic heterocycles. The summed E-state index contributed by atoms with van der Waals surface area (Å²) in [6, 6.07) is 7.34. The van der Waals surface area contributed by atoms with Gasteiger partial charge in [-0.15, -0.1) is 0 Å². The monoisotopic (exact) mass is 504 g/mol. The molecule has 2 aromatic carbocycles. The van der Waals surface area contributed by atoms with Gasteiger partial charge in [0.2, 0.25) is 0 Å². The number of anilines is 1. The van der Waals surface area contributed by atoms with Crippen LogP contribution < -0.4 is 5.32 Å². The minimum Gasteiger partial charge on any atom is -0.478 e. The van der Waals surface area contributed by atoms with E-state index in [2.05, 4.69) is 10.4 Å². The summed E-state index contributed by atoms with van der Waals surface area (Å²) in [5.41, 5.74) is -1.64. The van der Waals surface area contributed by atoms with E-state index in [0.29, 0.717) is 25.2 Å². The number of alkyl halides is 3. The van der Waals surface area contributed by atoms with Gasteiger partial charge in [0.05, 0.1) is 27.9 Å². The lowest BCUT2D eigenvalue weighted by atomic mass is 9.84. The second-order valence-electron chi connectivity index (χ2n) is 9.62. The van der Waals surface area contributed by atoms with Crippen LogP contribution in [-0.2, 0) is 6.18 Å². The number of aromatic carboxylic acids is 1. The van der Waals surface area contributed by atoms with E-state index >= 15 is 0 Å². The molecule has 192 valence electrons. The molecular formula is C25H27F3N4O4. The normalized spacial score (nSPS) is 15.9. The molecule has 36 heavy (non-hydrogen) atoms. The summed E-state index contributed by atoms with van der Waals surface area (Å²) < 4.78 is 42.9. The Morgan fingerprint density at radius 1 is 1.17 bits per heavy atom. The molecule has 4 rings (SSSR count). The van der Waals surface area contributed by atoms with Gasteiger partial charge in [0.25, 0.3) is 0 Å². The minimum atomic E-state index is -4.71. The Labute approximate surface area is 205 Å². The lowest BCUT2D eigenvalue weighted by Gasteiger charge is -2.39. The van der Waals surface area contributed by atoms with E-state index in [1.165, 1.54) is 46.1 Å². The van der Waals surface area contributed by atoms with Gasteiger partial charge in [-0.25, -0.2) is 14.3 Å². The van der Waals surface area contributed by atoms with Crippen molar-refractivity contribution in [2.45, 2.75) is 44.9 Å². The van der Waals surface area contributed by atoms with Crippen LogP contribution in [0.25, 0.3) is 16.6 Å². The molecule has 3 aromatic rings. The van der Waals surface area contributed by atoms with Gasteiger partial charge in [-0.05, 0) is 55.5 Å². The van der Waals surface area contributed by atoms with Gasteiger partial charge >= 0.3 is 18.2 Å². The highest BCUT2D eigenvalue weighted by atomic mass is 19.4. The third kappa shape index (κ3) is 5.46. The summed E-state index contributed by atoms with van der Waals surface area (Å²) in [4.78, 5) is 25.5. The zero-order chi connectivity index (χ0) is 26.3. The lowest BCUT2D eigenvalue weighted by Crippen LogP contribution is -2.48. The topological polar surface area (TPSA) is 108 Å². The number of amides is 2. The molecule has 0 saturated carbocycles. The van der Waals surface area contributed by atoms with Crippen LogP contribution in [0.4, 0.5) is 23.7 Å². The smallest absolute Gasteiger partial charge is 0.417 e. The quantitative estimate of drug-likeness (QED) is 0.446. The van der Waals surface area contributed by atoms with Crippen LogP contribution in [0.2, 0.25) is 0 Å². The molecule has 11 heteroatoms. The van der Waals surface area contributed by atoms with E-state index in [9.17, 15) is 33.0 Å². The zero-order valence-corrected chi connectivity index (χ0v) is 19.8. The average molecular weight is 505 g/mol. The molecule has 1 saturated heterocycles. The van der Waals surface area contributed by atoms with Crippen molar-refractivity contribution in [1.82, 2.24) is 14.7 Å². The molecule has 0 atom stereocenters. The Morgan fingerprint density at radius 3 is 2.47 bits per heavy atom. The predicted molar refractivity (Wildman–Crippen MR) is 127 cm³/mol. The summed E-state index contributed by atoms with van der Waals surface area (Å²) in [5.74, 6) is -0.871. The minimum absolute atomic E-state index is 0.00851. The van der Waals surface area contributed by atoms with E-state index in [-0.39, 0.29) is 40.9 Å².